The molecule has 2 nitrogen and oxygen atoms in total. The maximum atomic E-state index is 5.91. The summed E-state index contributed by atoms with van der Waals surface area (Å²) in [5.74, 6) is 1.01. The minimum Gasteiger partial charge on any atom is -0.367 e. The standard InChI is InChI=1S/C12H17ClN2S2/c1-15(2)6-7-17-12(16)14-9-10-4-3-5-11(13)8-10/h3-5,8H,6-7,9H2,1-2H3,(H,14,16). The number of thiocarbonyl (C=S) groups is 1. The zero-order chi connectivity index (χ0) is 12.7. The van der Waals surface area contributed by atoms with Gasteiger partial charge in [-0.05, 0) is 31.8 Å². The second-order valence-corrected chi connectivity index (χ2v) is 6.13. The average Bonchev–Trinajstić information content (AvgIpc) is 2.26. The smallest absolute Gasteiger partial charge is 0.134 e. The Morgan fingerprint density at radius 3 is 2.88 bits per heavy atom. The number of hydrogen-bond donors (Lipinski definition) is 1. The zero-order valence-electron chi connectivity index (χ0n) is 10.1. The van der Waals surface area contributed by atoms with Crippen LogP contribution in [0.3, 0.4) is 0 Å². The molecule has 0 aromatic heterocycles. The Labute approximate surface area is 118 Å². The Morgan fingerprint density at radius 2 is 2.24 bits per heavy atom. The molecular formula is C12H17ClN2S2. The molecule has 5 heteroatoms. The molecule has 1 aromatic carbocycles. The number of thioether (sulfide) groups is 1. The van der Waals surface area contributed by atoms with Gasteiger partial charge in [-0.2, -0.15) is 0 Å². The van der Waals surface area contributed by atoms with Crippen molar-refractivity contribution in [1.29, 1.82) is 0 Å². The summed E-state index contributed by atoms with van der Waals surface area (Å²) in [4.78, 5) is 2.15. The third kappa shape index (κ3) is 6.88. The summed E-state index contributed by atoms with van der Waals surface area (Å²) in [5, 5.41) is 3.98. The molecular weight excluding hydrogens is 272 g/mol. The van der Waals surface area contributed by atoms with E-state index in [0.717, 1.165) is 33.7 Å². The van der Waals surface area contributed by atoms with Crippen LogP contribution < -0.4 is 5.32 Å². The van der Waals surface area contributed by atoms with E-state index >= 15 is 0 Å². The number of hydrogen-bond acceptors (Lipinski definition) is 3. The van der Waals surface area contributed by atoms with Crippen LogP contribution in [0, 0.1) is 0 Å². The highest BCUT2D eigenvalue weighted by molar-refractivity contribution is 8.22. The first-order chi connectivity index (χ1) is 8.08. The Balaban J connectivity index is 2.24. The first-order valence-corrected chi connectivity index (χ1v) is 7.15. The number of rotatable bonds is 5. The van der Waals surface area contributed by atoms with E-state index in [-0.39, 0.29) is 0 Å². The van der Waals surface area contributed by atoms with Gasteiger partial charge < -0.3 is 10.2 Å². The topological polar surface area (TPSA) is 15.3 Å². The van der Waals surface area contributed by atoms with Crippen LogP contribution in [0.15, 0.2) is 24.3 Å². The van der Waals surface area contributed by atoms with E-state index in [0.29, 0.717) is 0 Å². The number of nitrogens with zero attached hydrogens (tertiary/aromatic N) is 1. The van der Waals surface area contributed by atoms with Gasteiger partial charge in [0.15, 0.2) is 0 Å². The van der Waals surface area contributed by atoms with Gasteiger partial charge in [0.1, 0.15) is 4.32 Å². The summed E-state index contributed by atoms with van der Waals surface area (Å²) < 4.78 is 0.840. The van der Waals surface area contributed by atoms with Crippen LogP contribution in [0.2, 0.25) is 5.02 Å². The lowest BCUT2D eigenvalue weighted by Crippen LogP contribution is -2.21. The second kappa shape index (κ2) is 7.93. The molecule has 0 saturated carbocycles. The van der Waals surface area contributed by atoms with Gasteiger partial charge in [-0.3, -0.25) is 0 Å². The maximum Gasteiger partial charge on any atom is 0.134 e. The molecule has 0 spiro atoms. The summed E-state index contributed by atoms with van der Waals surface area (Å²) in [6.07, 6.45) is 0. The van der Waals surface area contributed by atoms with Gasteiger partial charge in [-0.15, -0.1) is 0 Å². The van der Waals surface area contributed by atoms with Crippen molar-refractivity contribution < 1.29 is 0 Å². The molecule has 0 aliphatic carbocycles. The van der Waals surface area contributed by atoms with Crippen LogP contribution in [0.4, 0.5) is 0 Å². The van der Waals surface area contributed by atoms with Gasteiger partial charge in [0.2, 0.25) is 0 Å². The molecule has 1 aromatic rings. The monoisotopic (exact) mass is 288 g/mol. The molecule has 0 amide bonds. The van der Waals surface area contributed by atoms with E-state index < -0.39 is 0 Å². The van der Waals surface area contributed by atoms with Gasteiger partial charge >= 0.3 is 0 Å². The van der Waals surface area contributed by atoms with Gasteiger partial charge in [0.25, 0.3) is 0 Å². The molecule has 0 atom stereocenters. The second-order valence-electron chi connectivity index (χ2n) is 3.92. The van der Waals surface area contributed by atoms with Crippen molar-refractivity contribution in [1.82, 2.24) is 10.2 Å². The third-order valence-electron chi connectivity index (χ3n) is 2.10. The van der Waals surface area contributed by atoms with Crippen molar-refractivity contribution in [2.45, 2.75) is 6.54 Å². The minimum atomic E-state index is 0.731. The lowest BCUT2D eigenvalue weighted by atomic mass is 10.2. The van der Waals surface area contributed by atoms with Crippen LogP contribution >= 0.6 is 35.6 Å². The van der Waals surface area contributed by atoms with Gasteiger partial charge in [0.05, 0.1) is 0 Å². The average molecular weight is 289 g/mol. The van der Waals surface area contributed by atoms with E-state index in [4.69, 9.17) is 23.8 Å². The predicted molar refractivity (Wildman–Crippen MR) is 81.9 cm³/mol. The molecule has 0 heterocycles. The summed E-state index contributed by atoms with van der Waals surface area (Å²) >= 11 is 12.8. The highest BCUT2D eigenvalue weighted by Crippen LogP contribution is 2.11. The Morgan fingerprint density at radius 1 is 1.47 bits per heavy atom. The lowest BCUT2D eigenvalue weighted by molar-refractivity contribution is 0.437. The SMILES string of the molecule is CN(C)CCSC(=S)NCc1cccc(Cl)c1. The van der Waals surface area contributed by atoms with Gasteiger partial charge in [-0.1, -0.05) is 47.7 Å². The number of nitrogens with one attached hydrogen (secondary N) is 1. The molecule has 0 radical (unpaired) electrons. The maximum absolute atomic E-state index is 5.91. The molecule has 0 saturated heterocycles. The van der Waals surface area contributed by atoms with Crippen molar-refractivity contribution in [3.63, 3.8) is 0 Å². The molecule has 0 unspecified atom stereocenters. The Hall–Kier alpha value is -0.290. The van der Waals surface area contributed by atoms with Crippen LogP contribution in [0.25, 0.3) is 0 Å². The summed E-state index contributed by atoms with van der Waals surface area (Å²) in [7, 11) is 4.12. The molecule has 0 aliphatic rings. The van der Waals surface area contributed by atoms with Crippen molar-refractivity contribution >= 4 is 39.9 Å². The third-order valence-corrected chi connectivity index (χ3v) is 3.62. The van der Waals surface area contributed by atoms with E-state index in [1.165, 1.54) is 0 Å². The molecule has 1 rings (SSSR count). The van der Waals surface area contributed by atoms with Crippen LogP contribution in [-0.4, -0.2) is 35.6 Å². The Kier molecular flexibility index (Phi) is 6.89. The fraction of sp³-hybridized carbons (Fsp3) is 0.417. The fourth-order valence-electron chi connectivity index (χ4n) is 1.19. The van der Waals surface area contributed by atoms with E-state index in [9.17, 15) is 0 Å². The fourth-order valence-corrected chi connectivity index (χ4v) is 2.54. The Bertz CT molecular complexity index is 369. The first-order valence-electron chi connectivity index (χ1n) is 5.38. The van der Waals surface area contributed by atoms with Crippen molar-refractivity contribution in [3.05, 3.63) is 34.9 Å². The van der Waals surface area contributed by atoms with E-state index in [2.05, 4.69) is 24.3 Å². The van der Waals surface area contributed by atoms with Crippen LogP contribution in [0.1, 0.15) is 5.56 Å². The first kappa shape index (κ1) is 14.8. The largest absolute Gasteiger partial charge is 0.367 e. The summed E-state index contributed by atoms with van der Waals surface area (Å²) in [6.45, 7) is 1.76. The number of halogens is 1. The summed E-state index contributed by atoms with van der Waals surface area (Å²) in [6, 6.07) is 7.80. The molecule has 17 heavy (non-hydrogen) atoms. The quantitative estimate of drug-likeness (QED) is 0.838. The molecule has 0 fully saturated rings. The highest BCUT2D eigenvalue weighted by Gasteiger charge is 1.99. The highest BCUT2D eigenvalue weighted by atomic mass is 35.5. The van der Waals surface area contributed by atoms with Crippen molar-refractivity contribution in [3.8, 4) is 0 Å². The molecule has 1 N–H and O–H groups in total. The van der Waals surface area contributed by atoms with Crippen molar-refractivity contribution in [2.75, 3.05) is 26.4 Å². The lowest BCUT2D eigenvalue weighted by Gasteiger charge is -2.10. The van der Waals surface area contributed by atoms with E-state index in [1.807, 2.05) is 24.3 Å². The van der Waals surface area contributed by atoms with Crippen LogP contribution in [0.5, 0.6) is 0 Å². The van der Waals surface area contributed by atoms with Gasteiger partial charge in [-0.25, -0.2) is 0 Å². The molecule has 0 bridgehead atoms. The molecule has 0 aliphatic heterocycles. The number of benzene rings is 1. The zero-order valence-corrected chi connectivity index (χ0v) is 12.5. The normalized spacial score (nSPS) is 10.6. The van der Waals surface area contributed by atoms with Crippen molar-refractivity contribution in [2.24, 2.45) is 0 Å². The van der Waals surface area contributed by atoms with Gasteiger partial charge in [0, 0.05) is 23.9 Å². The predicted octanol–water partition coefficient (Wildman–Crippen LogP) is 3.01. The van der Waals surface area contributed by atoms with Crippen LogP contribution in [-0.2, 0) is 6.54 Å². The molecule has 94 valence electrons. The van der Waals surface area contributed by atoms with E-state index in [1.54, 1.807) is 11.8 Å². The summed E-state index contributed by atoms with van der Waals surface area (Å²) in [5.41, 5.74) is 1.15. The minimum absolute atomic E-state index is 0.731.